The van der Waals surface area contributed by atoms with Crippen LogP contribution in [0.25, 0.3) is 0 Å². The lowest BCUT2D eigenvalue weighted by Gasteiger charge is -2.17. The van der Waals surface area contributed by atoms with Crippen LogP contribution in [-0.4, -0.2) is 44.1 Å². The summed E-state index contributed by atoms with van der Waals surface area (Å²) in [7, 11) is 1.61. The van der Waals surface area contributed by atoms with E-state index >= 15 is 0 Å². The van der Waals surface area contributed by atoms with Crippen molar-refractivity contribution in [2.75, 3.05) is 33.3 Å². The minimum Gasteiger partial charge on any atom is -0.495 e. The molecule has 0 saturated heterocycles. The van der Waals surface area contributed by atoms with Crippen molar-refractivity contribution in [1.29, 1.82) is 0 Å². The summed E-state index contributed by atoms with van der Waals surface area (Å²) in [5.74, 6) is 0.674. The maximum absolute atomic E-state index is 12.1. The lowest BCUT2D eigenvalue weighted by atomic mass is 10.2. The topological polar surface area (TPSA) is 41.6 Å². The molecule has 0 atom stereocenters. The number of thiophene rings is 1. The van der Waals surface area contributed by atoms with Crippen molar-refractivity contribution in [3.8, 4) is 5.75 Å². The van der Waals surface area contributed by atoms with Gasteiger partial charge in [0.05, 0.1) is 7.11 Å². The highest BCUT2D eigenvalue weighted by Gasteiger charge is 2.19. The van der Waals surface area contributed by atoms with Crippen molar-refractivity contribution >= 4 is 17.2 Å². The SMILES string of the molecule is CCN(CC)CCNC(=O)c1sc(C)c(C)c1OC. The molecule has 0 unspecified atom stereocenters. The zero-order valence-corrected chi connectivity index (χ0v) is 13.3. The summed E-state index contributed by atoms with van der Waals surface area (Å²) in [5, 5.41) is 2.96. The maximum atomic E-state index is 12.1. The quantitative estimate of drug-likeness (QED) is 0.836. The van der Waals surface area contributed by atoms with Crippen LogP contribution in [0.1, 0.15) is 34.0 Å². The Morgan fingerprint density at radius 3 is 2.47 bits per heavy atom. The molecule has 1 aromatic rings. The molecule has 0 aromatic carbocycles. The number of nitrogens with one attached hydrogen (secondary N) is 1. The zero-order valence-electron chi connectivity index (χ0n) is 12.5. The first-order valence-electron chi connectivity index (χ1n) is 6.69. The Hall–Kier alpha value is -1.07. The van der Waals surface area contributed by atoms with Gasteiger partial charge >= 0.3 is 0 Å². The highest BCUT2D eigenvalue weighted by molar-refractivity contribution is 7.14. The molecule has 0 aliphatic carbocycles. The Balaban J connectivity index is 2.61. The number of methoxy groups -OCH3 is 1. The molecule has 0 aliphatic heterocycles. The van der Waals surface area contributed by atoms with Crippen molar-refractivity contribution in [2.24, 2.45) is 0 Å². The Bertz CT molecular complexity index is 425. The molecule has 0 aliphatic rings. The lowest BCUT2D eigenvalue weighted by Crippen LogP contribution is -2.34. The predicted octanol–water partition coefficient (Wildman–Crippen LogP) is 2.45. The van der Waals surface area contributed by atoms with Crippen LogP contribution in [0.15, 0.2) is 0 Å². The van der Waals surface area contributed by atoms with E-state index in [9.17, 15) is 4.79 Å². The molecular weight excluding hydrogens is 260 g/mol. The van der Waals surface area contributed by atoms with Crippen molar-refractivity contribution < 1.29 is 9.53 Å². The van der Waals surface area contributed by atoms with Crippen LogP contribution in [0.2, 0.25) is 0 Å². The van der Waals surface area contributed by atoms with Crippen LogP contribution >= 0.6 is 11.3 Å². The first kappa shape index (κ1) is 16.0. The summed E-state index contributed by atoms with van der Waals surface area (Å²) in [6.07, 6.45) is 0. The molecule has 0 radical (unpaired) electrons. The van der Waals surface area contributed by atoms with Gasteiger partial charge in [-0.2, -0.15) is 0 Å². The van der Waals surface area contributed by atoms with Gasteiger partial charge in [-0.05, 0) is 26.9 Å². The molecule has 1 heterocycles. The molecule has 0 spiro atoms. The van der Waals surface area contributed by atoms with Gasteiger partial charge in [0.25, 0.3) is 5.91 Å². The van der Waals surface area contributed by atoms with E-state index in [1.807, 2.05) is 13.8 Å². The molecule has 1 amide bonds. The monoisotopic (exact) mass is 284 g/mol. The second-order valence-electron chi connectivity index (χ2n) is 4.43. The number of carbonyl (C=O) groups excluding carboxylic acids is 1. The van der Waals surface area contributed by atoms with Gasteiger partial charge in [-0.15, -0.1) is 11.3 Å². The van der Waals surface area contributed by atoms with Crippen LogP contribution in [-0.2, 0) is 0 Å². The third kappa shape index (κ3) is 3.94. The average Bonchev–Trinajstić information content (AvgIpc) is 2.70. The van der Waals surface area contributed by atoms with E-state index in [1.165, 1.54) is 11.3 Å². The minimum atomic E-state index is -0.0368. The number of likely N-dealkylation sites (N-methyl/N-ethyl adjacent to an activating group) is 1. The standard InChI is InChI=1S/C14H24N2O2S/c1-6-16(7-2)9-8-15-14(17)13-12(18-5)10(3)11(4)19-13/h6-9H2,1-5H3,(H,15,17). The van der Waals surface area contributed by atoms with E-state index < -0.39 is 0 Å². The molecule has 108 valence electrons. The van der Waals surface area contributed by atoms with E-state index in [0.29, 0.717) is 17.2 Å². The highest BCUT2D eigenvalue weighted by atomic mass is 32.1. The van der Waals surface area contributed by atoms with Crippen LogP contribution in [0, 0.1) is 13.8 Å². The fourth-order valence-electron chi connectivity index (χ4n) is 1.95. The summed E-state index contributed by atoms with van der Waals surface area (Å²) >= 11 is 1.49. The normalized spacial score (nSPS) is 10.8. The molecule has 1 aromatic heterocycles. The molecule has 0 fully saturated rings. The first-order chi connectivity index (χ1) is 9.04. The number of carbonyl (C=O) groups is 1. The number of amides is 1. The third-order valence-electron chi connectivity index (χ3n) is 3.35. The molecule has 1 rings (SSSR count). The Morgan fingerprint density at radius 1 is 1.32 bits per heavy atom. The van der Waals surface area contributed by atoms with E-state index in [-0.39, 0.29) is 5.91 Å². The first-order valence-corrected chi connectivity index (χ1v) is 7.51. The molecule has 19 heavy (non-hydrogen) atoms. The van der Waals surface area contributed by atoms with Gasteiger partial charge in [0.1, 0.15) is 10.6 Å². The maximum Gasteiger partial charge on any atom is 0.265 e. The summed E-state index contributed by atoms with van der Waals surface area (Å²) in [6.45, 7) is 11.8. The number of nitrogens with zero attached hydrogens (tertiary/aromatic N) is 1. The number of aryl methyl sites for hydroxylation is 1. The molecule has 0 saturated carbocycles. The van der Waals surface area contributed by atoms with Crippen molar-refractivity contribution in [2.45, 2.75) is 27.7 Å². The minimum absolute atomic E-state index is 0.0368. The fourth-order valence-corrected chi connectivity index (χ4v) is 3.00. The summed E-state index contributed by atoms with van der Waals surface area (Å²) in [4.78, 5) is 16.2. The van der Waals surface area contributed by atoms with Gasteiger partial charge in [-0.25, -0.2) is 0 Å². The fraction of sp³-hybridized carbons (Fsp3) is 0.643. The number of hydrogen-bond acceptors (Lipinski definition) is 4. The number of rotatable bonds is 7. The largest absolute Gasteiger partial charge is 0.495 e. The Labute approximate surface area is 119 Å². The van der Waals surface area contributed by atoms with Gasteiger partial charge in [-0.3, -0.25) is 4.79 Å². The summed E-state index contributed by atoms with van der Waals surface area (Å²) in [5.41, 5.74) is 1.06. The second kappa shape index (κ2) is 7.50. The van der Waals surface area contributed by atoms with Gasteiger partial charge in [0, 0.05) is 23.5 Å². The van der Waals surface area contributed by atoms with E-state index in [1.54, 1.807) is 7.11 Å². The summed E-state index contributed by atoms with van der Waals surface area (Å²) < 4.78 is 5.33. The van der Waals surface area contributed by atoms with E-state index in [4.69, 9.17) is 4.74 Å². The predicted molar refractivity (Wildman–Crippen MR) is 80.5 cm³/mol. The van der Waals surface area contributed by atoms with Crippen molar-refractivity contribution in [3.05, 3.63) is 15.3 Å². The second-order valence-corrected chi connectivity index (χ2v) is 5.65. The van der Waals surface area contributed by atoms with Gasteiger partial charge in [0.15, 0.2) is 0 Å². The van der Waals surface area contributed by atoms with Crippen LogP contribution in [0.3, 0.4) is 0 Å². The Kier molecular flexibility index (Phi) is 6.31. The molecule has 4 nitrogen and oxygen atoms in total. The molecule has 1 N–H and O–H groups in total. The molecular formula is C14H24N2O2S. The zero-order chi connectivity index (χ0) is 14.4. The van der Waals surface area contributed by atoms with Crippen molar-refractivity contribution in [3.63, 3.8) is 0 Å². The number of ether oxygens (including phenoxy) is 1. The van der Waals surface area contributed by atoms with Crippen molar-refractivity contribution in [1.82, 2.24) is 10.2 Å². The van der Waals surface area contributed by atoms with E-state index in [2.05, 4.69) is 24.1 Å². The number of hydrogen-bond donors (Lipinski definition) is 1. The van der Waals surface area contributed by atoms with Crippen LogP contribution in [0.5, 0.6) is 5.75 Å². The van der Waals surface area contributed by atoms with Crippen LogP contribution < -0.4 is 10.1 Å². The smallest absolute Gasteiger partial charge is 0.265 e. The lowest BCUT2D eigenvalue weighted by molar-refractivity contribution is 0.0950. The average molecular weight is 284 g/mol. The molecule has 0 bridgehead atoms. The molecule has 5 heteroatoms. The van der Waals surface area contributed by atoms with Gasteiger partial charge in [0.2, 0.25) is 0 Å². The highest BCUT2D eigenvalue weighted by Crippen LogP contribution is 2.33. The van der Waals surface area contributed by atoms with Gasteiger partial charge < -0.3 is 15.0 Å². The Morgan fingerprint density at radius 2 is 1.95 bits per heavy atom. The van der Waals surface area contributed by atoms with E-state index in [0.717, 1.165) is 30.1 Å². The summed E-state index contributed by atoms with van der Waals surface area (Å²) in [6, 6.07) is 0. The van der Waals surface area contributed by atoms with Crippen LogP contribution in [0.4, 0.5) is 0 Å². The third-order valence-corrected chi connectivity index (χ3v) is 4.54. The van der Waals surface area contributed by atoms with Gasteiger partial charge in [-0.1, -0.05) is 13.8 Å².